The van der Waals surface area contributed by atoms with Gasteiger partial charge in [0.05, 0.1) is 0 Å². The molecule has 0 amide bonds. The second-order valence-electron chi connectivity index (χ2n) is 2.45. The molecular formula is C6H6N4O2. The number of aromatic nitrogens is 4. The average molecular weight is 166 g/mol. The van der Waals surface area contributed by atoms with E-state index in [1.807, 2.05) is 0 Å². The van der Waals surface area contributed by atoms with Gasteiger partial charge in [-0.25, -0.2) is 4.98 Å². The predicted octanol–water partition coefficient (Wildman–Crippen LogP) is -0.752. The van der Waals surface area contributed by atoms with Crippen molar-refractivity contribution in [1.82, 2.24) is 20.2 Å². The maximum absolute atomic E-state index is 11.0. The Kier molecular flexibility index (Phi) is 1.18. The summed E-state index contributed by atoms with van der Waals surface area (Å²) in [5.74, 6) is 0.548. The van der Waals surface area contributed by atoms with Crippen molar-refractivity contribution in [3.05, 3.63) is 26.5 Å². The van der Waals surface area contributed by atoms with E-state index in [9.17, 15) is 9.59 Å². The minimum atomic E-state index is -0.394. The number of rotatable bonds is 0. The molecule has 0 saturated heterocycles. The van der Waals surface area contributed by atoms with E-state index in [1.165, 1.54) is 0 Å². The molecule has 0 aliphatic rings. The molecular weight excluding hydrogens is 160 g/mol. The molecule has 3 N–H and O–H groups in total. The van der Waals surface area contributed by atoms with Crippen LogP contribution in [0.25, 0.3) is 11.0 Å². The summed E-state index contributed by atoms with van der Waals surface area (Å²) in [6.07, 6.45) is 0. The first kappa shape index (κ1) is 6.84. The molecule has 2 rings (SSSR count). The highest BCUT2D eigenvalue weighted by Crippen LogP contribution is 1.97. The summed E-state index contributed by atoms with van der Waals surface area (Å²) in [5, 5.41) is 4.37. The van der Waals surface area contributed by atoms with E-state index < -0.39 is 5.56 Å². The zero-order valence-electron chi connectivity index (χ0n) is 6.26. The molecule has 0 bridgehead atoms. The quantitative estimate of drug-likeness (QED) is 0.480. The number of hydrogen-bond donors (Lipinski definition) is 3. The predicted molar refractivity (Wildman–Crippen MR) is 42.1 cm³/mol. The van der Waals surface area contributed by atoms with E-state index in [0.717, 1.165) is 0 Å². The zero-order chi connectivity index (χ0) is 8.72. The molecule has 0 aromatic carbocycles. The van der Waals surface area contributed by atoms with Gasteiger partial charge in [-0.1, -0.05) is 0 Å². The summed E-state index contributed by atoms with van der Waals surface area (Å²) in [6.45, 7) is 1.68. The van der Waals surface area contributed by atoms with Gasteiger partial charge in [-0.15, -0.1) is 0 Å². The van der Waals surface area contributed by atoms with Crippen LogP contribution in [0.2, 0.25) is 0 Å². The first-order valence-electron chi connectivity index (χ1n) is 3.36. The number of fused-ring (bicyclic) bond motifs is 1. The van der Waals surface area contributed by atoms with E-state index in [4.69, 9.17) is 0 Å². The molecule has 2 aromatic rings. The maximum atomic E-state index is 11.0. The van der Waals surface area contributed by atoms with Crippen LogP contribution < -0.4 is 11.1 Å². The third kappa shape index (κ3) is 0.777. The Morgan fingerprint density at radius 3 is 2.50 bits per heavy atom. The second-order valence-corrected chi connectivity index (χ2v) is 2.45. The number of nitrogens with one attached hydrogen (secondary N) is 3. The number of nitrogens with zero attached hydrogens (tertiary/aromatic N) is 1. The van der Waals surface area contributed by atoms with E-state index in [0.29, 0.717) is 5.82 Å². The van der Waals surface area contributed by atoms with Crippen LogP contribution in [0, 0.1) is 6.92 Å². The Morgan fingerprint density at radius 1 is 1.17 bits per heavy atom. The maximum Gasteiger partial charge on any atom is 0.290 e. The number of aromatic amines is 3. The fourth-order valence-corrected chi connectivity index (χ4v) is 1.06. The van der Waals surface area contributed by atoms with Gasteiger partial charge >= 0.3 is 0 Å². The Balaban J connectivity index is 3.14. The summed E-state index contributed by atoms with van der Waals surface area (Å²) in [7, 11) is 0. The van der Waals surface area contributed by atoms with Gasteiger partial charge in [0.1, 0.15) is 11.3 Å². The topological polar surface area (TPSA) is 94.4 Å². The normalized spacial score (nSPS) is 10.8. The molecule has 62 valence electrons. The molecule has 0 spiro atoms. The van der Waals surface area contributed by atoms with Gasteiger partial charge < -0.3 is 4.98 Å². The van der Waals surface area contributed by atoms with E-state index in [-0.39, 0.29) is 16.6 Å². The Labute approximate surface area is 65.6 Å². The molecule has 6 nitrogen and oxygen atoms in total. The van der Waals surface area contributed by atoms with Crippen molar-refractivity contribution >= 4 is 11.0 Å². The van der Waals surface area contributed by atoms with Crippen LogP contribution >= 0.6 is 0 Å². The Bertz CT molecular complexity index is 485. The zero-order valence-corrected chi connectivity index (χ0v) is 6.26. The van der Waals surface area contributed by atoms with Gasteiger partial charge in [-0.3, -0.25) is 19.8 Å². The first-order valence-corrected chi connectivity index (χ1v) is 3.36. The van der Waals surface area contributed by atoms with Crippen molar-refractivity contribution in [2.45, 2.75) is 6.92 Å². The van der Waals surface area contributed by atoms with Gasteiger partial charge in [0.15, 0.2) is 5.52 Å². The van der Waals surface area contributed by atoms with Gasteiger partial charge in [-0.2, -0.15) is 0 Å². The highest BCUT2D eigenvalue weighted by atomic mass is 16.1. The fraction of sp³-hybridized carbons (Fsp3) is 0.167. The lowest BCUT2D eigenvalue weighted by Gasteiger charge is -1.83. The van der Waals surface area contributed by atoms with Crippen LogP contribution in [0.15, 0.2) is 9.59 Å². The molecule has 2 heterocycles. The van der Waals surface area contributed by atoms with Crippen molar-refractivity contribution in [2.75, 3.05) is 0 Å². The molecule has 2 aromatic heterocycles. The van der Waals surface area contributed by atoms with Gasteiger partial charge in [-0.05, 0) is 6.92 Å². The fourth-order valence-electron chi connectivity index (χ4n) is 1.06. The third-order valence-electron chi connectivity index (χ3n) is 1.55. The number of hydrogen-bond acceptors (Lipinski definition) is 3. The van der Waals surface area contributed by atoms with Crippen LogP contribution in [0.5, 0.6) is 0 Å². The number of H-pyrrole nitrogens is 3. The highest BCUT2D eigenvalue weighted by molar-refractivity contribution is 5.72. The van der Waals surface area contributed by atoms with E-state index >= 15 is 0 Å². The lowest BCUT2D eigenvalue weighted by atomic mass is 10.5. The minimum absolute atomic E-state index is 0.149. The molecule has 0 radical (unpaired) electrons. The van der Waals surface area contributed by atoms with Crippen molar-refractivity contribution in [3.8, 4) is 0 Å². The summed E-state index contributed by atoms with van der Waals surface area (Å²) in [6, 6.07) is 0. The summed E-state index contributed by atoms with van der Waals surface area (Å²) in [4.78, 5) is 28.6. The summed E-state index contributed by atoms with van der Waals surface area (Å²) in [5.41, 5.74) is -0.397. The molecule has 0 unspecified atom stereocenters. The Morgan fingerprint density at radius 2 is 1.83 bits per heavy atom. The molecule has 0 saturated carbocycles. The SMILES string of the molecule is Cc1nc2c(=O)[nH][nH]c(=O)c2[nH]1. The lowest BCUT2D eigenvalue weighted by molar-refractivity contribution is 0.971. The van der Waals surface area contributed by atoms with Crippen molar-refractivity contribution in [2.24, 2.45) is 0 Å². The smallest absolute Gasteiger partial charge is 0.290 e. The molecule has 6 heteroatoms. The van der Waals surface area contributed by atoms with Crippen molar-refractivity contribution < 1.29 is 0 Å². The molecule has 12 heavy (non-hydrogen) atoms. The van der Waals surface area contributed by atoms with Crippen molar-refractivity contribution in [1.29, 1.82) is 0 Å². The second kappa shape index (κ2) is 2.07. The van der Waals surface area contributed by atoms with Crippen LogP contribution in [-0.4, -0.2) is 20.2 Å². The molecule has 0 aliphatic carbocycles. The lowest BCUT2D eigenvalue weighted by Crippen LogP contribution is -2.18. The molecule has 0 fully saturated rings. The van der Waals surface area contributed by atoms with Crippen LogP contribution in [0.1, 0.15) is 5.82 Å². The van der Waals surface area contributed by atoms with Crippen LogP contribution in [-0.2, 0) is 0 Å². The van der Waals surface area contributed by atoms with Crippen LogP contribution in [0.4, 0.5) is 0 Å². The summed E-state index contributed by atoms with van der Waals surface area (Å²) >= 11 is 0. The van der Waals surface area contributed by atoms with Gasteiger partial charge in [0.25, 0.3) is 11.1 Å². The molecule has 0 aliphatic heterocycles. The van der Waals surface area contributed by atoms with E-state index in [2.05, 4.69) is 20.2 Å². The highest BCUT2D eigenvalue weighted by Gasteiger charge is 2.05. The molecule has 0 atom stereocenters. The summed E-state index contributed by atoms with van der Waals surface area (Å²) < 4.78 is 0. The number of imidazole rings is 1. The van der Waals surface area contributed by atoms with Crippen LogP contribution in [0.3, 0.4) is 0 Å². The minimum Gasteiger partial charge on any atom is -0.337 e. The largest absolute Gasteiger partial charge is 0.337 e. The van der Waals surface area contributed by atoms with E-state index in [1.54, 1.807) is 6.92 Å². The number of aryl methyl sites for hydroxylation is 1. The Hall–Kier alpha value is -1.85. The first-order chi connectivity index (χ1) is 5.68. The van der Waals surface area contributed by atoms with Gasteiger partial charge in [0.2, 0.25) is 0 Å². The standard InChI is InChI=1S/C6H6N4O2/c1-2-7-3-4(8-2)6(12)10-9-5(3)11/h1H3,(H,7,8)(H,9,11)(H,10,12). The third-order valence-corrected chi connectivity index (χ3v) is 1.55. The monoisotopic (exact) mass is 166 g/mol. The average Bonchev–Trinajstić information content (AvgIpc) is 2.41. The van der Waals surface area contributed by atoms with Crippen molar-refractivity contribution in [3.63, 3.8) is 0 Å². The van der Waals surface area contributed by atoms with Gasteiger partial charge in [0, 0.05) is 0 Å².